The Hall–Kier alpha value is -2.82. The number of carbonyl (C=O) groups is 2. The molecule has 0 fully saturated rings. The highest BCUT2D eigenvalue weighted by atomic mass is 16.6. The molecule has 5 heteroatoms. The zero-order valence-corrected chi connectivity index (χ0v) is 15.8. The Balaban J connectivity index is 1.53. The minimum Gasteiger partial charge on any atom is -0.482 e. The molecule has 2 aromatic rings. The number of ether oxygens (including phenoxy) is 2. The van der Waals surface area contributed by atoms with Crippen molar-refractivity contribution in [2.45, 2.75) is 39.2 Å². The molecule has 142 valence electrons. The lowest BCUT2D eigenvalue weighted by molar-refractivity contribution is -0.155. The molecular formula is C22H25NO4. The van der Waals surface area contributed by atoms with E-state index < -0.39 is 12.1 Å². The van der Waals surface area contributed by atoms with E-state index in [1.807, 2.05) is 55.5 Å². The van der Waals surface area contributed by atoms with Crippen LogP contribution in [0.3, 0.4) is 0 Å². The van der Waals surface area contributed by atoms with Crippen molar-refractivity contribution >= 4 is 17.6 Å². The molecule has 1 amide bonds. The fourth-order valence-corrected chi connectivity index (χ4v) is 3.35. The van der Waals surface area contributed by atoms with Crippen molar-refractivity contribution in [3.8, 4) is 5.75 Å². The first-order valence-corrected chi connectivity index (χ1v) is 9.39. The van der Waals surface area contributed by atoms with E-state index >= 15 is 0 Å². The molecule has 0 spiro atoms. The van der Waals surface area contributed by atoms with Gasteiger partial charge in [0.25, 0.3) is 5.91 Å². The minimum atomic E-state index is -0.874. The SMILES string of the molecule is CCN(C(=O)[C@@H](C)OC(=O)COc1ccc2c(c1)CCC2)c1ccccc1. The van der Waals surface area contributed by atoms with Crippen LogP contribution in [0.25, 0.3) is 0 Å². The molecule has 2 aromatic carbocycles. The van der Waals surface area contributed by atoms with Crippen LogP contribution in [0.15, 0.2) is 48.5 Å². The molecule has 0 saturated carbocycles. The van der Waals surface area contributed by atoms with Crippen molar-refractivity contribution < 1.29 is 19.1 Å². The number of hydrogen-bond donors (Lipinski definition) is 0. The number of likely N-dealkylation sites (N-methyl/N-ethyl adjacent to an activating group) is 1. The van der Waals surface area contributed by atoms with E-state index in [9.17, 15) is 9.59 Å². The molecule has 0 unspecified atom stereocenters. The van der Waals surface area contributed by atoms with Crippen LogP contribution in [0.2, 0.25) is 0 Å². The van der Waals surface area contributed by atoms with Gasteiger partial charge in [-0.15, -0.1) is 0 Å². The van der Waals surface area contributed by atoms with Crippen LogP contribution in [0.5, 0.6) is 5.75 Å². The summed E-state index contributed by atoms with van der Waals surface area (Å²) in [5.41, 5.74) is 3.41. The second kappa shape index (κ2) is 8.71. The van der Waals surface area contributed by atoms with Gasteiger partial charge in [-0.2, -0.15) is 0 Å². The van der Waals surface area contributed by atoms with E-state index in [2.05, 4.69) is 0 Å². The van der Waals surface area contributed by atoms with E-state index in [0.29, 0.717) is 12.3 Å². The van der Waals surface area contributed by atoms with Gasteiger partial charge < -0.3 is 14.4 Å². The molecule has 0 radical (unpaired) electrons. The lowest BCUT2D eigenvalue weighted by Crippen LogP contribution is -2.40. The largest absolute Gasteiger partial charge is 0.482 e. The fraction of sp³-hybridized carbons (Fsp3) is 0.364. The number of esters is 1. The number of para-hydroxylation sites is 1. The molecular weight excluding hydrogens is 342 g/mol. The molecule has 3 rings (SSSR count). The lowest BCUT2D eigenvalue weighted by Gasteiger charge is -2.24. The first-order valence-electron chi connectivity index (χ1n) is 9.39. The summed E-state index contributed by atoms with van der Waals surface area (Å²) >= 11 is 0. The van der Waals surface area contributed by atoms with Gasteiger partial charge in [0.2, 0.25) is 0 Å². The predicted molar refractivity (Wildman–Crippen MR) is 104 cm³/mol. The Morgan fingerprint density at radius 1 is 1.07 bits per heavy atom. The average Bonchev–Trinajstić information content (AvgIpc) is 3.15. The van der Waals surface area contributed by atoms with Crippen LogP contribution in [0, 0.1) is 0 Å². The summed E-state index contributed by atoms with van der Waals surface area (Å²) in [6.07, 6.45) is 2.44. The number of hydrogen-bond acceptors (Lipinski definition) is 4. The van der Waals surface area contributed by atoms with Gasteiger partial charge in [0.1, 0.15) is 5.75 Å². The first-order chi connectivity index (χ1) is 13.1. The monoisotopic (exact) mass is 367 g/mol. The highest BCUT2D eigenvalue weighted by Gasteiger charge is 2.24. The number of nitrogens with zero attached hydrogens (tertiary/aromatic N) is 1. The molecule has 0 aromatic heterocycles. The van der Waals surface area contributed by atoms with E-state index in [4.69, 9.17) is 9.47 Å². The summed E-state index contributed by atoms with van der Waals surface area (Å²) in [5, 5.41) is 0. The van der Waals surface area contributed by atoms with Gasteiger partial charge in [-0.3, -0.25) is 4.79 Å². The van der Waals surface area contributed by atoms with Crippen LogP contribution in [-0.2, 0) is 27.2 Å². The van der Waals surface area contributed by atoms with Crippen molar-refractivity contribution in [1.29, 1.82) is 0 Å². The number of aryl methyl sites for hydroxylation is 2. The molecule has 5 nitrogen and oxygen atoms in total. The number of fused-ring (bicyclic) bond motifs is 1. The Bertz CT molecular complexity index is 803. The lowest BCUT2D eigenvalue weighted by atomic mass is 10.1. The molecule has 0 bridgehead atoms. The van der Waals surface area contributed by atoms with E-state index in [0.717, 1.165) is 24.9 Å². The van der Waals surface area contributed by atoms with Crippen molar-refractivity contribution in [2.24, 2.45) is 0 Å². The molecule has 1 aliphatic rings. The summed E-state index contributed by atoms with van der Waals surface area (Å²) in [6.45, 7) is 3.75. The standard InChI is InChI=1S/C22H25NO4/c1-3-23(19-10-5-4-6-11-19)22(25)16(2)27-21(24)15-26-20-13-12-17-8-7-9-18(17)14-20/h4-6,10-14,16H,3,7-9,15H2,1-2H3/t16-/m1/s1. The zero-order chi connectivity index (χ0) is 19.2. The summed E-state index contributed by atoms with van der Waals surface area (Å²) in [5.74, 6) is -0.152. The topological polar surface area (TPSA) is 55.8 Å². The summed E-state index contributed by atoms with van der Waals surface area (Å²) in [4.78, 5) is 26.3. The number of rotatable bonds is 7. The van der Waals surface area contributed by atoms with Crippen molar-refractivity contribution in [1.82, 2.24) is 0 Å². The Morgan fingerprint density at radius 3 is 2.56 bits per heavy atom. The summed E-state index contributed by atoms with van der Waals surface area (Å²) in [7, 11) is 0. The number of carbonyl (C=O) groups excluding carboxylic acids is 2. The third kappa shape index (κ3) is 4.67. The Labute approximate surface area is 159 Å². The summed E-state index contributed by atoms with van der Waals surface area (Å²) < 4.78 is 10.8. The first kappa shape index (κ1) is 19.0. The molecule has 1 aliphatic carbocycles. The highest BCUT2D eigenvalue weighted by Crippen LogP contribution is 2.26. The third-order valence-electron chi connectivity index (χ3n) is 4.73. The van der Waals surface area contributed by atoms with E-state index in [1.165, 1.54) is 11.1 Å². The van der Waals surface area contributed by atoms with E-state index in [1.54, 1.807) is 11.8 Å². The van der Waals surface area contributed by atoms with Gasteiger partial charge in [0, 0.05) is 12.2 Å². The summed E-state index contributed by atoms with van der Waals surface area (Å²) in [6, 6.07) is 15.2. The zero-order valence-electron chi connectivity index (χ0n) is 15.8. The molecule has 27 heavy (non-hydrogen) atoms. The van der Waals surface area contributed by atoms with Crippen LogP contribution >= 0.6 is 0 Å². The third-order valence-corrected chi connectivity index (χ3v) is 4.73. The van der Waals surface area contributed by atoms with Crippen LogP contribution in [0.1, 0.15) is 31.4 Å². The van der Waals surface area contributed by atoms with Crippen LogP contribution in [0.4, 0.5) is 5.69 Å². The number of amides is 1. The maximum Gasteiger partial charge on any atom is 0.344 e. The maximum atomic E-state index is 12.6. The van der Waals surface area contributed by atoms with Gasteiger partial charge in [-0.1, -0.05) is 24.3 Å². The van der Waals surface area contributed by atoms with Crippen LogP contribution < -0.4 is 9.64 Å². The maximum absolute atomic E-state index is 12.6. The van der Waals surface area contributed by atoms with Gasteiger partial charge in [0.05, 0.1) is 0 Å². The van der Waals surface area contributed by atoms with Crippen molar-refractivity contribution in [3.05, 3.63) is 59.7 Å². The predicted octanol–water partition coefficient (Wildman–Crippen LogP) is 3.54. The molecule has 1 atom stereocenters. The number of anilines is 1. The Morgan fingerprint density at radius 2 is 1.81 bits per heavy atom. The quantitative estimate of drug-likeness (QED) is 0.703. The van der Waals surface area contributed by atoms with Gasteiger partial charge >= 0.3 is 5.97 Å². The smallest absolute Gasteiger partial charge is 0.344 e. The second-order valence-corrected chi connectivity index (χ2v) is 6.62. The van der Waals surface area contributed by atoms with Gasteiger partial charge in [-0.25, -0.2) is 4.79 Å². The molecule has 0 aliphatic heterocycles. The second-order valence-electron chi connectivity index (χ2n) is 6.62. The van der Waals surface area contributed by atoms with E-state index in [-0.39, 0.29) is 12.5 Å². The highest BCUT2D eigenvalue weighted by molar-refractivity contribution is 5.97. The minimum absolute atomic E-state index is 0.214. The average molecular weight is 367 g/mol. The number of benzene rings is 2. The van der Waals surface area contributed by atoms with Crippen molar-refractivity contribution in [2.75, 3.05) is 18.1 Å². The van der Waals surface area contributed by atoms with Gasteiger partial charge in [-0.05, 0) is 68.5 Å². The molecule has 0 N–H and O–H groups in total. The fourth-order valence-electron chi connectivity index (χ4n) is 3.35. The normalized spacial score (nSPS) is 13.6. The van der Waals surface area contributed by atoms with Crippen molar-refractivity contribution in [3.63, 3.8) is 0 Å². The van der Waals surface area contributed by atoms with Gasteiger partial charge in [0.15, 0.2) is 12.7 Å². The molecule has 0 heterocycles. The Kier molecular flexibility index (Phi) is 6.12. The van der Waals surface area contributed by atoms with Crippen LogP contribution in [-0.4, -0.2) is 31.1 Å². The molecule has 0 saturated heterocycles.